The van der Waals surface area contributed by atoms with E-state index in [9.17, 15) is 19.7 Å². The molecule has 0 saturated carbocycles. The fraction of sp³-hybridized carbons (Fsp3) is 0.385. The summed E-state index contributed by atoms with van der Waals surface area (Å²) in [5, 5.41) is 10.6. The van der Waals surface area contributed by atoms with Crippen LogP contribution in [0.15, 0.2) is 18.2 Å². The maximum absolute atomic E-state index is 12.4. The third kappa shape index (κ3) is 4.16. The molecular weight excluding hydrogens is 300 g/mol. The fourth-order valence-electron chi connectivity index (χ4n) is 1.64. The van der Waals surface area contributed by atoms with E-state index in [1.165, 1.54) is 24.1 Å². The number of hydrogen-bond donors (Lipinski definition) is 0. The van der Waals surface area contributed by atoms with Gasteiger partial charge < -0.3 is 9.64 Å². The van der Waals surface area contributed by atoms with Gasteiger partial charge in [0.05, 0.1) is 22.6 Å². The number of nitro groups is 1. The molecule has 0 spiro atoms. The maximum Gasteiger partial charge on any atom is 0.325 e. The summed E-state index contributed by atoms with van der Waals surface area (Å²) in [6.45, 7) is 3.25. The number of amides is 1. The fourth-order valence-corrected chi connectivity index (χ4v) is 1.89. The molecule has 0 aliphatic heterocycles. The average molecular weight is 315 g/mol. The number of benzene rings is 1. The topological polar surface area (TPSA) is 89.8 Å². The van der Waals surface area contributed by atoms with Gasteiger partial charge in [-0.15, -0.1) is 0 Å². The lowest BCUT2D eigenvalue weighted by atomic mass is 10.1. The Kier molecular flexibility index (Phi) is 5.66. The summed E-state index contributed by atoms with van der Waals surface area (Å²) in [5.41, 5.74) is -0.111. The molecule has 1 aromatic carbocycles. The minimum absolute atomic E-state index is 0.0373. The lowest BCUT2D eigenvalue weighted by Gasteiger charge is -2.25. The minimum atomic E-state index is -0.602. The van der Waals surface area contributed by atoms with Crippen LogP contribution in [0.5, 0.6) is 0 Å². The number of carbonyl (C=O) groups excluding carboxylic acids is 2. The number of carbonyl (C=O) groups is 2. The molecule has 0 unspecified atom stereocenters. The zero-order chi connectivity index (χ0) is 16.2. The van der Waals surface area contributed by atoms with Crippen LogP contribution >= 0.6 is 11.6 Å². The quantitative estimate of drug-likeness (QED) is 0.472. The van der Waals surface area contributed by atoms with Gasteiger partial charge in [-0.25, -0.2) is 0 Å². The number of non-ortho nitro benzene ring substituents is 1. The monoisotopic (exact) mass is 314 g/mol. The van der Waals surface area contributed by atoms with Crippen LogP contribution in [-0.4, -0.2) is 41.4 Å². The molecule has 1 amide bonds. The summed E-state index contributed by atoms with van der Waals surface area (Å²) in [5.74, 6) is -1.05. The third-order valence-electron chi connectivity index (χ3n) is 2.81. The number of rotatable bonds is 5. The smallest absolute Gasteiger partial charge is 0.325 e. The number of nitro benzene ring substituents is 1. The molecule has 0 heterocycles. The van der Waals surface area contributed by atoms with E-state index < -0.39 is 16.8 Å². The van der Waals surface area contributed by atoms with Crippen molar-refractivity contribution in [3.8, 4) is 0 Å². The van der Waals surface area contributed by atoms with Crippen LogP contribution in [-0.2, 0) is 9.53 Å². The molecule has 0 aliphatic rings. The van der Waals surface area contributed by atoms with Gasteiger partial charge in [-0.3, -0.25) is 19.7 Å². The SMILES string of the molecule is COC(=O)CN(C(=O)c1ccc([N+](=O)[O-])cc1Cl)C(C)C. The van der Waals surface area contributed by atoms with Crippen LogP contribution < -0.4 is 0 Å². The number of halogens is 1. The van der Waals surface area contributed by atoms with E-state index in [1.54, 1.807) is 13.8 Å². The second kappa shape index (κ2) is 7.03. The summed E-state index contributed by atoms with van der Waals surface area (Å²) in [6.07, 6.45) is 0. The molecule has 1 aromatic rings. The van der Waals surface area contributed by atoms with Crippen LogP contribution in [0.1, 0.15) is 24.2 Å². The highest BCUT2D eigenvalue weighted by Crippen LogP contribution is 2.24. The number of hydrogen-bond acceptors (Lipinski definition) is 5. The first kappa shape index (κ1) is 16.9. The molecule has 114 valence electrons. The molecule has 21 heavy (non-hydrogen) atoms. The largest absolute Gasteiger partial charge is 0.468 e. The van der Waals surface area contributed by atoms with Gasteiger partial charge in [-0.05, 0) is 19.9 Å². The minimum Gasteiger partial charge on any atom is -0.468 e. The van der Waals surface area contributed by atoms with Crippen LogP contribution in [0, 0.1) is 10.1 Å². The number of ether oxygens (including phenoxy) is 1. The van der Waals surface area contributed by atoms with Crippen LogP contribution in [0.2, 0.25) is 5.02 Å². The molecule has 0 N–H and O–H groups in total. The predicted molar refractivity (Wildman–Crippen MR) is 76.3 cm³/mol. The first-order chi connectivity index (χ1) is 9.77. The zero-order valence-corrected chi connectivity index (χ0v) is 12.6. The second-order valence-corrected chi connectivity index (χ2v) is 4.93. The molecule has 0 atom stereocenters. The summed E-state index contributed by atoms with van der Waals surface area (Å²) in [7, 11) is 1.23. The molecule has 0 radical (unpaired) electrons. The highest BCUT2D eigenvalue weighted by Gasteiger charge is 2.24. The average Bonchev–Trinajstić information content (AvgIpc) is 2.43. The van der Waals surface area contributed by atoms with E-state index in [2.05, 4.69) is 4.74 Å². The first-order valence-corrected chi connectivity index (χ1v) is 6.47. The predicted octanol–water partition coefficient (Wildman–Crippen LogP) is 2.27. The lowest BCUT2D eigenvalue weighted by Crippen LogP contribution is -2.41. The maximum atomic E-state index is 12.4. The Hall–Kier alpha value is -2.15. The Bertz CT molecular complexity index is 574. The summed E-state index contributed by atoms with van der Waals surface area (Å²) >= 11 is 5.92. The van der Waals surface area contributed by atoms with Crippen molar-refractivity contribution in [1.82, 2.24) is 4.90 Å². The first-order valence-electron chi connectivity index (χ1n) is 6.09. The molecule has 0 fully saturated rings. The Labute approximate surface area is 126 Å². The number of methoxy groups -OCH3 is 1. The standard InChI is InChI=1S/C13H15ClN2O5/c1-8(2)15(7-12(17)21-3)13(18)10-5-4-9(16(19)20)6-11(10)14/h4-6,8H,7H2,1-3H3. The van der Waals surface area contributed by atoms with Crippen molar-refractivity contribution in [3.05, 3.63) is 38.9 Å². The molecule has 0 bridgehead atoms. The van der Waals surface area contributed by atoms with E-state index in [1.807, 2.05) is 0 Å². The van der Waals surface area contributed by atoms with Crippen molar-refractivity contribution in [3.63, 3.8) is 0 Å². The Morgan fingerprint density at radius 3 is 2.48 bits per heavy atom. The van der Waals surface area contributed by atoms with Gasteiger partial charge in [0, 0.05) is 18.2 Å². The Balaban J connectivity index is 3.09. The molecule has 7 nitrogen and oxygen atoms in total. The van der Waals surface area contributed by atoms with E-state index in [4.69, 9.17) is 11.6 Å². The van der Waals surface area contributed by atoms with Gasteiger partial charge in [0.25, 0.3) is 11.6 Å². The van der Waals surface area contributed by atoms with Crippen LogP contribution in [0.3, 0.4) is 0 Å². The molecule has 0 saturated heterocycles. The van der Waals surface area contributed by atoms with E-state index in [0.29, 0.717) is 0 Å². The molecule has 8 heteroatoms. The van der Waals surface area contributed by atoms with Gasteiger partial charge in [0.2, 0.25) is 0 Å². The highest BCUT2D eigenvalue weighted by atomic mass is 35.5. The summed E-state index contributed by atoms with van der Waals surface area (Å²) < 4.78 is 4.54. The summed E-state index contributed by atoms with van der Waals surface area (Å²) in [4.78, 5) is 35.1. The van der Waals surface area contributed by atoms with Crippen molar-refractivity contribution in [2.24, 2.45) is 0 Å². The van der Waals surface area contributed by atoms with Gasteiger partial charge in [0.15, 0.2) is 0 Å². The van der Waals surface area contributed by atoms with Gasteiger partial charge in [-0.1, -0.05) is 11.6 Å². The molecule has 1 rings (SSSR count). The van der Waals surface area contributed by atoms with Crippen molar-refractivity contribution in [1.29, 1.82) is 0 Å². The normalized spacial score (nSPS) is 10.3. The number of esters is 1. The van der Waals surface area contributed by atoms with Crippen molar-refractivity contribution in [2.75, 3.05) is 13.7 Å². The van der Waals surface area contributed by atoms with E-state index >= 15 is 0 Å². The Morgan fingerprint density at radius 1 is 1.43 bits per heavy atom. The summed E-state index contributed by atoms with van der Waals surface area (Å²) in [6, 6.07) is 3.30. The third-order valence-corrected chi connectivity index (χ3v) is 3.12. The van der Waals surface area contributed by atoms with Crippen LogP contribution in [0.25, 0.3) is 0 Å². The Morgan fingerprint density at radius 2 is 2.05 bits per heavy atom. The van der Waals surface area contributed by atoms with E-state index in [-0.39, 0.29) is 28.9 Å². The van der Waals surface area contributed by atoms with Crippen molar-refractivity contribution >= 4 is 29.2 Å². The van der Waals surface area contributed by atoms with Crippen molar-refractivity contribution in [2.45, 2.75) is 19.9 Å². The van der Waals surface area contributed by atoms with Gasteiger partial charge in [-0.2, -0.15) is 0 Å². The van der Waals surface area contributed by atoms with Gasteiger partial charge in [0.1, 0.15) is 6.54 Å². The van der Waals surface area contributed by atoms with Gasteiger partial charge >= 0.3 is 5.97 Å². The van der Waals surface area contributed by atoms with E-state index in [0.717, 1.165) is 6.07 Å². The molecular formula is C13H15ClN2O5. The zero-order valence-electron chi connectivity index (χ0n) is 11.8. The molecule has 0 aromatic heterocycles. The second-order valence-electron chi connectivity index (χ2n) is 4.52. The molecule has 0 aliphatic carbocycles. The van der Waals surface area contributed by atoms with Crippen molar-refractivity contribution < 1.29 is 19.2 Å². The number of nitrogens with zero attached hydrogens (tertiary/aromatic N) is 2. The highest BCUT2D eigenvalue weighted by molar-refractivity contribution is 6.34. The lowest BCUT2D eigenvalue weighted by molar-refractivity contribution is -0.384. The van der Waals surface area contributed by atoms with Crippen LogP contribution in [0.4, 0.5) is 5.69 Å².